The molecule has 4 rings (SSSR count). The molecule has 0 unspecified atom stereocenters. The highest BCUT2D eigenvalue weighted by Gasteiger charge is 2.15. The fraction of sp³-hybridized carbons (Fsp3) is 0.250. The monoisotopic (exact) mass is 499 g/mol. The highest BCUT2D eigenvalue weighted by molar-refractivity contribution is 5.94. The van der Waals surface area contributed by atoms with Crippen LogP contribution in [0.2, 0.25) is 0 Å². The van der Waals surface area contributed by atoms with Gasteiger partial charge < -0.3 is 20.2 Å². The molecule has 9 nitrogen and oxygen atoms in total. The smallest absolute Gasteiger partial charge is 0.305 e. The van der Waals surface area contributed by atoms with Crippen LogP contribution in [0.25, 0.3) is 23.0 Å². The summed E-state index contributed by atoms with van der Waals surface area (Å²) in [6, 6.07) is 20.8. The van der Waals surface area contributed by atoms with Gasteiger partial charge >= 0.3 is 5.97 Å². The number of nitrogens with one attached hydrogen (secondary N) is 2. The minimum absolute atomic E-state index is 0.0796. The Labute approximate surface area is 215 Å². The van der Waals surface area contributed by atoms with Crippen LogP contribution >= 0.6 is 0 Å². The standard InChI is InChI=1S/C28H29N5O4/c1-2-3-6-23(31-22-14-12-20(13-15-22)26(36)30-18-16-25(34)35)19-8-10-21(11-9-19)27-32-33-28(37-27)24-7-4-5-17-29-24/h4-5,7-15,17,23,31H,2-3,6,16,18H2,1H3,(H,30,36)(H,34,35)/t23-/m0/s1. The lowest BCUT2D eigenvalue weighted by Crippen LogP contribution is -2.25. The third kappa shape index (κ3) is 7.00. The molecule has 0 radical (unpaired) electrons. The van der Waals surface area contributed by atoms with E-state index in [0.29, 0.717) is 23.0 Å². The Kier molecular flexibility index (Phi) is 8.59. The predicted octanol–water partition coefficient (Wildman–Crippen LogP) is 5.35. The summed E-state index contributed by atoms with van der Waals surface area (Å²) in [7, 11) is 0. The molecule has 0 aliphatic carbocycles. The van der Waals surface area contributed by atoms with Crippen LogP contribution in [0.4, 0.5) is 5.69 Å². The van der Waals surface area contributed by atoms with Crippen molar-refractivity contribution < 1.29 is 19.1 Å². The maximum atomic E-state index is 12.2. The molecule has 190 valence electrons. The van der Waals surface area contributed by atoms with Crippen molar-refractivity contribution in [2.45, 2.75) is 38.6 Å². The molecule has 2 aromatic heterocycles. The number of pyridine rings is 1. The highest BCUT2D eigenvalue weighted by atomic mass is 16.4. The molecular weight excluding hydrogens is 470 g/mol. The lowest BCUT2D eigenvalue weighted by Gasteiger charge is -2.21. The van der Waals surface area contributed by atoms with E-state index in [2.05, 4.69) is 44.9 Å². The molecule has 2 aromatic carbocycles. The lowest BCUT2D eigenvalue weighted by atomic mass is 9.99. The van der Waals surface area contributed by atoms with Gasteiger partial charge in [0.25, 0.3) is 11.8 Å². The topological polar surface area (TPSA) is 130 Å². The molecule has 0 saturated carbocycles. The number of rotatable bonds is 12. The summed E-state index contributed by atoms with van der Waals surface area (Å²) in [4.78, 5) is 27.1. The maximum absolute atomic E-state index is 12.2. The van der Waals surface area contributed by atoms with E-state index < -0.39 is 5.97 Å². The Balaban J connectivity index is 1.43. The Bertz CT molecular complexity index is 1300. The maximum Gasteiger partial charge on any atom is 0.305 e. The SMILES string of the molecule is CCCC[C@H](Nc1ccc(C(=O)NCCC(=O)O)cc1)c1ccc(-c2nnc(-c3ccccn3)o2)cc1. The lowest BCUT2D eigenvalue weighted by molar-refractivity contribution is -0.136. The largest absolute Gasteiger partial charge is 0.481 e. The molecular formula is C28H29N5O4. The van der Waals surface area contributed by atoms with Crippen molar-refractivity contribution in [3.8, 4) is 23.0 Å². The Morgan fingerprint density at radius 3 is 2.41 bits per heavy atom. The van der Waals surface area contributed by atoms with Crippen molar-refractivity contribution in [2.75, 3.05) is 11.9 Å². The first kappa shape index (κ1) is 25.6. The van der Waals surface area contributed by atoms with Gasteiger partial charge in [0.1, 0.15) is 5.69 Å². The van der Waals surface area contributed by atoms with E-state index in [1.54, 1.807) is 18.3 Å². The first-order valence-corrected chi connectivity index (χ1v) is 12.3. The number of carboxylic acids is 1. The first-order valence-electron chi connectivity index (χ1n) is 12.3. The van der Waals surface area contributed by atoms with E-state index in [-0.39, 0.29) is 24.9 Å². The Morgan fingerprint density at radius 1 is 0.973 bits per heavy atom. The fourth-order valence-electron chi connectivity index (χ4n) is 3.83. The molecule has 2 heterocycles. The van der Waals surface area contributed by atoms with Crippen LogP contribution in [-0.2, 0) is 4.79 Å². The number of anilines is 1. The molecule has 0 aliphatic heterocycles. The molecule has 0 saturated heterocycles. The highest BCUT2D eigenvalue weighted by Crippen LogP contribution is 2.28. The number of benzene rings is 2. The second-order valence-corrected chi connectivity index (χ2v) is 8.57. The number of aliphatic carboxylic acids is 1. The minimum Gasteiger partial charge on any atom is -0.481 e. The average Bonchev–Trinajstić information content (AvgIpc) is 3.42. The first-order chi connectivity index (χ1) is 18.0. The van der Waals surface area contributed by atoms with E-state index in [9.17, 15) is 9.59 Å². The fourth-order valence-corrected chi connectivity index (χ4v) is 3.83. The summed E-state index contributed by atoms with van der Waals surface area (Å²) in [6.45, 7) is 2.25. The van der Waals surface area contributed by atoms with Crippen molar-refractivity contribution in [3.05, 3.63) is 84.1 Å². The molecule has 0 bridgehead atoms. The molecule has 37 heavy (non-hydrogen) atoms. The molecule has 9 heteroatoms. The van der Waals surface area contributed by atoms with E-state index in [1.165, 1.54) is 0 Å². The minimum atomic E-state index is -0.947. The van der Waals surface area contributed by atoms with Crippen LogP contribution in [0, 0.1) is 0 Å². The molecule has 3 N–H and O–H groups in total. The molecule has 4 aromatic rings. The summed E-state index contributed by atoms with van der Waals surface area (Å²) in [5.74, 6) is -0.431. The van der Waals surface area contributed by atoms with Crippen molar-refractivity contribution in [1.82, 2.24) is 20.5 Å². The van der Waals surface area contributed by atoms with Crippen LogP contribution < -0.4 is 10.6 Å². The molecule has 0 aliphatic rings. The average molecular weight is 500 g/mol. The van der Waals surface area contributed by atoms with E-state index in [1.807, 2.05) is 42.5 Å². The summed E-state index contributed by atoms with van der Waals surface area (Å²) < 4.78 is 5.82. The summed E-state index contributed by atoms with van der Waals surface area (Å²) in [5, 5.41) is 23.2. The van der Waals surface area contributed by atoms with Gasteiger partial charge in [0.15, 0.2) is 0 Å². The Hall–Kier alpha value is -4.53. The summed E-state index contributed by atoms with van der Waals surface area (Å²) in [5.41, 5.74) is 3.95. The summed E-state index contributed by atoms with van der Waals surface area (Å²) >= 11 is 0. The van der Waals surface area contributed by atoms with Crippen molar-refractivity contribution >= 4 is 17.6 Å². The van der Waals surface area contributed by atoms with E-state index >= 15 is 0 Å². The van der Waals surface area contributed by atoms with Gasteiger partial charge in [-0.05, 0) is 60.5 Å². The molecule has 0 spiro atoms. The summed E-state index contributed by atoms with van der Waals surface area (Å²) in [6.07, 6.45) is 4.64. The number of hydrogen-bond acceptors (Lipinski definition) is 7. The number of amides is 1. The Morgan fingerprint density at radius 2 is 1.73 bits per heavy atom. The van der Waals surface area contributed by atoms with Gasteiger partial charge in [-0.1, -0.05) is 38.0 Å². The van der Waals surface area contributed by atoms with Crippen molar-refractivity contribution in [2.24, 2.45) is 0 Å². The van der Waals surface area contributed by atoms with Gasteiger partial charge in [-0.25, -0.2) is 0 Å². The van der Waals surface area contributed by atoms with Gasteiger partial charge in [0.05, 0.1) is 12.5 Å². The van der Waals surface area contributed by atoms with Gasteiger partial charge in [-0.3, -0.25) is 14.6 Å². The zero-order valence-corrected chi connectivity index (χ0v) is 20.6. The third-order valence-corrected chi connectivity index (χ3v) is 5.83. The zero-order valence-electron chi connectivity index (χ0n) is 20.6. The van der Waals surface area contributed by atoms with Gasteiger partial charge in [-0.2, -0.15) is 0 Å². The number of carboxylic acid groups (broad SMARTS) is 1. The number of aromatic nitrogens is 3. The quantitative estimate of drug-likeness (QED) is 0.238. The second kappa shape index (κ2) is 12.4. The van der Waals surface area contributed by atoms with Crippen LogP contribution in [0.3, 0.4) is 0 Å². The normalized spacial score (nSPS) is 11.6. The zero-order chi connectivity index (χ0) is 26.0. The van der Waals surface area contributed by atoms with Crippen molar-refractivity contribution in [1.29, 1.82) is 0 Å². The molecule has 1 atom stereocenters. The number of hydrogen-bond donors (Lipinski definition) is 3. The molecule has 1 amide bonds. The third-order valence-electron chi connectivity index (χ3n) is 5.83. The van der Waals surface area contributed by atoms with Gasteiger partial charge in [0, 0.05) is 29.6 Å². The van der Waals surface area contributed by atoms with Crippen LogP contribution in [0.1, 0.15) is 54.6 Å². The van der Waals surface area contributed by atoms with E-state index in [4.69, 9.17) is 9.52 Å². The predicted molar refractivity (Wildman–Crippen MR) is 140 cm³/mol. The van der Waals surface area contributed by atoms with Crippen molar-refractivity contribution in [3.63, 3.8) is 0 Å². The molecule has 0 fully saturated rings. The van der Waals surface area contributed by atoms with Gasteiger partial charge in [0.2, 0.25) is 5.89 Å². The van der Waals surface area contributed by atoms with Crippen LogP contribution in [0.15, 0.2) is 77.3 Å². The number of unbranched alkanes of at least 4 members (excludes halogenated alkanes) is 1. The van der Waals surface area contributed by atoms with Gasteiger partial charge in [-0.15, -0.1) is 10.2 Å². The van der Waals surface area contributed by atoms with Crippen LogP contribution in [0.5, 0.6) is 0 Å². The van der Waals surface area contributed by atoms with Crippen LogP contribution in [-0.4, -0.2) is 38.7 Å². The van der Waals surface area contributed by atoms with E-state index in [0.717, 1.165) is 36.1 Å². The number of nitrogens with zero attached hydrogens (tertiary/aromatic N) is 3. The number of carbonyl (C=O) groups excluding carboxylic acids is 1. The number of carbonyl (C=O) groups is 2. The second-order valence-electron chi connectivity index (χ2n) is 8.57.